The molecule has 1 aliphatic rings. The Labute approximate surface area is 198 Å². The molecule has 0 saturated heterocycles. The number of aromatic nitrogens is 4. The number of hydrogen-bond acceptors (Lipinski definition) is 6. The van der Waals surface area contributed by atoms with E-state index in [1.165, 1.54) is 17.4 Å². The van der Waals surface area contributed by atoms with Crippen molar-refractivity contribution in [2.24, 2.45) is 0 Å². The zero-order valence-electron chi connectivity index (χ0n) is 19.3. The number of rotatable bonds is 2. The first-order valence-electron chi connectivity index (χ1n) is 10.9. The maximum absolute atomic E-state index is 14.5. The van der Waals surface area contributed by atoms with Crippen LogP contribution < -0.4 is 5.56 Å². The summed E-state index contributed by atoms with van der Waals surface area (Å²) in [4.78, 5) is 39.8. The number of halogens is 1. The predicted octanol–water partition coefficient (Wildman–Crippen LogP) is 4.77. The van der Waals surface area contributed by atoms with E-state index in [1.807, 2.05) is 32.9 Å². The van der Waals surface area contributed by atoms with E-state index >= 15 is 0 Å². The SMILES string of the molecule is Cc1cn2cc(-c3nc4sc(C5=CCN(C(=O)OC(C)(C)C)CC5)cc4c(=O)[nH]3)cc(F)c2n1. The minimum Gasteiger partial charge on any atom is -0.444 e. The number of hydrogen-bond donors (Lipinski definition) is 1. The number of carbonyl (C=O) groups excluding carboxylic acids is 1. The Hall–Kier alpha value is -3.53. The van der Waals surface area contributed by atoms with E-state index in [-0.39, 0.29) is 17.3 Å². The van der Waals surface area contributed by atoms with E-state index in [4.69, 9.17) is 4.74 Å². The Morgan fingerprint density at radius 2 is 2.03 bits per heavy atom. The average molecular weight is 482 g/mol. The first-order chi connectivity index (χ1) is 16.1. The number of thiophene rings is 1. The number of fused-ring (bicyclic) bond motifs is 2. The largest absolute Gasteiger partial charge is 0.444 e. The van der Waals surface area contributed by atoms with Crippen LogP contribution in [0, 0.1) is 12.7 Å². The number of aromatic amines is 1. The second-order valence-electron chi connectivity index (χ2n) is 9.34. The minimum absolute atomic E-state index is 0.229. The van der Waals surface area contributed by atoms with E-state index in [2.05, 4.69) is 15.0 Å². The van der Waals surface area contributed by atoms with Crippen molar-refractivity contribution in [1.82, 2.24) is 24.3 Å². The Bertz CT molecular complexity index is 1530. The molecule has 8 nitrogen and oxygen atoms in total. The van der Waals surface area contributed by atoms with Gasteiger partial charge in [0.1, 0.15) is 16.3 Å². The lowest BCUT2D eigenvalue weighted by Crippen LogP contribution is -2.39. The quantitative estimate of drug-likeness (QED) is 0.445. The fraction of sp³-hybridized carbons (Fsp3) is 0.333. The van der Waals surface area contributed by atoms with Crippen molar-refractivity contribution >= 4 is 38.9 Å². The number of pyridine rings is 1. The van der Waals surface area contributed by atoms with Gasteiger partial charge in [-0.2, -0.15) is 0 Å². The molecule has 0 spiro atoms. The van der Waals surface area contributed by atoms with Gasteiger partial charge in [0.25, 0.3) is 5.56 Å². The Balaban J connectivity index is 1.44. The minimum atomic E-state index is -0.541. The van der Waals surface area contributed by atoms with Gasteiger partial charge in [0.2, 0.25) is 0 Å². The molecule has 0 bridgehead atoms. The highest BCUT2D eigenvalue weighted by atomic mass is 32.1. The van der Waals surface area contributed by atoms with Gasteiger partial charge < -0.3 is 19.0 Å². The molecule has 5 heterocycles. The lowest BCUT2D eigenvalue weighted by Gasteiger charge is -2.29. The van der Waals surface area contributed by atoms with Crippen LogP contribution in [0.3, 0.4) is 0 Å². The second-order valence-corrected chi connectivity index (χ2v) is 10.4. The molecule has 34 heavy (non-hydrogen) atoms. The van der Waals surface area contributed by atoms with E-state index < -0.39 is 11.4 Å². The van der Waals surface area contributed by atoms with Crippen molar-refractivity contribution in [3.8, 4) is 11.4 Å². The van der Waals surface area contributed by atoms with Crippen LogP contribution in [0.25, 0.3) is 32.8 Å². The normalized spacial score (nSPS) is 14.6. The molecule has 0 unspecified atom stereocenters. The van der Waals surface area contributed by atoms with E-state index in [9.17, 15) is 14.0 Å². The topological polar surface area (TPSA) is 92.6 Å². The highest BCUT2D eigenvalue weighted by Gasteiger charge is 2.24. The number of imidazole rings is 1. The molecule has 0 aromatic carbocycles. The molecule has 10 heteroatoms. The van der Waals surface area contributed by atoms with E-state index in [0.29, 0.717) is 46.8 Å². The summed E-state index contributed by atoms with van der Waals surface area (Å²) in [6.07, 6.45) is 5.72. The monoisotopic (exact) mass is 481 g/mol. The molecule has 4 aromatic heterocycles. The average Bonchev–Trinajstić information content (AvgIpc) is 3.36. The maximum Gasteiger partial charge on any atom is 0.410 e. The van der Waals surface area contributed by atoms with Crippen LogP contribution in [0.1, 0.15) is 37.8 Å². The number of ether oxygens (including phenoxy) is 1. The smallest absolute Gasteiger partial charge is 0.410 e. The molecule has 0 radical (unpaired) electrons. The van der Waals surface area contributed by atoms with Crippen LogP contribution in [0.5, 0.6) is 0 Å². The summed E-state index contributed by atoms with van der Waals surface area (Å²) in [5.41, 5.74) is 1.62. The summed E-state index contributed by atoms with van der Waals surface area (Å²) in [5.74, 6) is -0.186. The summed E-state index contributed by atoms with van der Waals surface area (Å²) < 4.78 is 21.6. The molecule has 0 fully saturated rings. The van der Waals surface area contributed by atoms with Crippen molar-refractivity contribution in [3.05, 3.63) is 57.3 Å². The maximum atomic E-state index is 14.5. The van der Waals surface area contributed by atoms with Crippen molar-refractivity contribution in [1.29, 1.82) is 0 Å². The summed E-state index contributed by atoms with van der Waals surface area (Å²) in [7, 11) is 0. The summed E-state index contributed by atoms with van der Waals surface area (Å²) in [6, 6.07) is 3.16. The van der Waals surface area contributed by atoms with Crippen molar-refractivity contribution in [2.75, 3.05) is 13.1 Å². The van der Waals surface area contributed by atoms with Gasteiger partial charge in [0.05, 0.1) is 11.1 Å². The molecule has 0 saturated carbocycles. The first kappa shape index (κ1) is 22.3. The lowest BCUT2D eigenvalue weighted by atomic mass is 10.1. The van der Waals surface area contributed by atoms with Gasteiger partial charge >= 0.3 is 6.09 Å². The number of amides is 1. The molecule has 5 rings (SSSR count). The number of aryl methyl sites for hydroxylation is 1. The van der Waals surface area contributed by atoms with Gasteiger partial charge in [0.15, 0.2) is 11.5 Å². The van der Waals surface area contributed by atoms with Crippen LogP contribution in [0.2, 0.25) is 0 Å². The molecule has 0 atom stereocenters. The van der Waals surface area contributed by atoms with Crippen molar-refractivity contribution in [2.45, 2.75) is 39.7 Å². The van der Waals surface area contributed by atoms with Gasteiger partial charge in [-0.25, -0.2) is 19.2 Å². The molecule has 1 N–H and O–H groups in total. The van der Waals surface area contributed by atoms with E-state index in [0.717, 1.165) is 10.5 Å². The highest BCUT2D eigenvalue weighted by Crippen LogP contribution is 2.32. The van der Waals surface area contributed by atoms with Gasteiger partial charge in [0, 0.05) is 35.9 Å². The third-order valence-electron chi connectivity index (χ3n) is 5.48. The molecular formula is C24H24FN5O3S. The second kappa shape index (κ2) is 8.05. The highest BCUT2D eigenvalue weighted by molar-refractivity contribution is 7.19. The Kier molecular flexibility index (Phi) is 5.27. The lowest BCUT2D eigenvalue weighted by molar-refractivity contribution is 0.0270. The van der Waals surface area contributed by atoms with Crippen LogP contribution in [-0.2, 0) is 4.74 Å². The third kappa shape index (κ3) is 4.21. The Morgan fingerprint density at radius 1 is 1.24 bits per heavy atom. The fourth-order valence-electron chi connectivity index (χ4n) is 3.92. The standard InChI is InChI=1S/C24H24FN5O3S/c1-13-11-30-12-15(9-17(25)20(30)26-13)19-27-21(31)16-10-18(34-22(16)28-19)14-5-7-29(8-6-14)23(32)33-24(2,3)4/h5,9-12H,6-8H2,1-4H3,(H,27,28,31). The van der Waals surface area contributed by atoms with Gasteiger partial charge in [-0.3, -0.25) is 4.79 Å². The van der Waals surface area contributed by atoms with Crippen molar-refractivity contribution in [3.63, 3.8) is 0 Å². The van der Waals surface area contributed by atoms with Gasteiger partial charge in [-0.15, -0.1) is 11.3 Å². The number of H-pyrrole nitrogens is 1. The zero-order chi connectivity index (χ0) is 24.2. The number of nitrogens with zero attached hydrogens (tertiary/aromatic N) is 4. The number of carbonyl (C=O) groups is 1. The first-order valence-corrected chi connectivity index (χ1v) is 11.8. The zero-order valence-corrected chi connectivity index (χ0v) is 20.1. The Morgan fingerprint density at radius 3 is 2.74 bits per heavy atom. The summed E-state index contributed by atoms with van der Waals surface area (Å²) >= 11 is 1.41. The molecule has 176 valence electrons. The van der Waals surface area contributed by atoms with Crippen LogP contribution in [0.15, 0.2) is 35.4 Å². The van der Waals surface area contributed by atoms with Crippen LogP contribution >= 0.6 is 11.3 Å². The van der Waals surface area contributed by atoms with Crippen molar-refractivity contribution < 1.29 is 13.9 Å². The number of nitrogens with one attached hydrogen (secondary N) is 1. The van der Waals surface area contributed by atoms with Crippen LogP contribution in [-0.4, -0.2) is 49.0 Å². The van der Waals surface area contributed by atoms with Crippen LogP contribution in [0.4, 0.5) is 9.18 Å². The van der Waals surface area contributed by atoms with Gasteiger partial charge in [-0.05, 0) is 51.8 Å². The molecule has 1 amide bonds. The summed E-state index contributed by atoms with van der Waals surface area (Å²) in [6.45, 7) is 8.29. The molecule has 0 aliphatic carbocycles. The molecule has 1 aliphatic heterocycles. The summed E-state index contributed by atoms with van der Waals surface area (Å²) in [5, 5.41) is 0.485. The fourth-order valence-corrected chi connectivity index (χ4v) is 5.02. The van der Waals surface area contributed by atoms with Gasteiger partial charge in [-0.1, -0.05) is 6.08 Å². The third-order valence-corrected chi connectivity index (χ3v) is 6.58. The van der Waals surface area contributed by atoms with E-state index in [1.54, 1.807) is 28.6 Å². The molecular weight excluding hydrogens is 457 g/mol. The predicted molar refractivity (Wildman–Crippen MR) is 130 cm³/mol. The molecule has 4 aromatic rings.